The van der Waals surface area contributed by atoms with E-state index < -0.39 is 26.4 Å². The van der Waals surface area contributed by atoms with Gasteiger partial charge < -0.3 is 10.2 Å². The average Bonchev–Trinajstić information content (AvgIpc) is 2.61. The summed E-state index contributed by atoms with van der Waals surface area (Å²) in [6.07, 6.45) is 0. The third-order valence-electron chi connectivity index (χ3n) is 4.36. The molecule has 5 nitrogen and oxygen atoms in total. The first-order valence-electron chi connectivity index (χ1n) is 7.89. The van der Waals surface area contributed by atoms with E-state index in [1.54, 1.807) is 6.07 Å². The molecule has 0 bridgehead atoms. The number of halogens is 4. The first kappa shape index (κ1) is 22.0. The maximum atomic E-state index is 13.0. The predicted octanol–water partition coefficient (Wildman–Crippen LogP) is 5.89. The third kappa shape index (κ3) is 3.65. The van der Waals surface area contributed by atoms with Crippen molar-refractivity contribution in [3.63, 3.8) is 0 Å². The van der Waals surface area contributed by atoms with Gasteiger partial charge in [-0.15, -0.1) is 0 Å². The molecule has 0 aromatic heterocycles. The lowest BCUT2D eigenvalue weighted by molar-refractivity contribution is 0.444. The Morgan fingerprint density at radius 3 is 1.86 bits per heavy atom. The van der Waals surface area contributed by atoms with Gasteiger partial charge in [-0.05, 0) is 29.8 Å². The molecule has 3 aromatic rings. The molecule has 3 N–H and O–H groups in total. The van der Waals surface area contributed by atoms with E-state index in [4.69, 9.17) is 46.4 Å². The van der Waals surface area contributed by atoms with Crippen LogP contribution >= 0.6 is 46.4 Å². The van der Waals surface area contributed by atoms with Crippen LogP contribution in [0.1, 0.15) is 16.7 Å². The zero-order chi connectivity index (χ0) is 21.6. The van der Waals surface area contributed by atoms with Crippen LogP contribution in [0.2, 0.25) is 20.1 Å². The number of phenolic OH excluding ortho intramolecular Hbond substituents is 2. The van der Waals surface area contributed by atoms with Crippen molar-refractivity contribution < 1.29 is 23.2 Å². The van der Waals surface area contributed by atoms with Gasteiger partial charge in [-0.1, -0.05) is 70.7 Å². The van der Waals surface area contributed by atoms with E-state index in [9.17, 15) is 23.2 Å². The molecule has 0 radical (unpaired) electrons. The zero-order valence-corrected chi connectivity index (χ0v) is 18.1. The van der Waals surface area contributed by atoms with Gasteiger partial charge >= 0.3 is 0 Å². The number of hydrogen-bond donors (Lipinski definition) is 3. The molecule has 0 aliphatic rings. The number of aromatic hydroxyl groups is 2. The normalized spacial score (nSPS) is 13.8. The summed E-state index contributed by atoms with van der Waals surface area (Å²) in [5.41, 5.74) is -0.463. The summed E-state index contributed by atoms with van der Waals surface area (Å²) in [6.45, 7) is 0. The molecular weight excluding hydrogens is 482 g/mol. The van der Waals surface area contributed by atoms with Crippen LogP contribution in [0.4, 0.5) is 0 Å². The number of hydrogen-bond acceptors (Lipinski definition) is 4. The van der Waals surface area contributed by atoms with Gasteiger partial charge in [0.05, 0.1) is 15.1 Å². The second kappa shape index (κ2) is 7.87. The molecule has 10 heteroatoms. The van der Waals surface area contributed by atoms with E-state index in [0.717, 1.165) is 18.2 Å². The zero-order valence-electron chi connectivity index (χ0n) is 14.3. The van der Waals surface area contributed by atoms with E-state index in [2.05, 4.69) is 0 Å². The van der Waals surface area contributed by atoms with Crippen molar-refractivity contribution >= 4 is 56.5 Å². The molecule has 3 rings (SSSR count). The highest BCUT2D eigenvalue weighted by atomic mass is 35.5. The highest BCUT2D eigenvalue weighted by Crippen LogP contribution is 2.51. The van der Waals surface area contributed by atoms with Crippen molar-refractivity contribution in [3.05, 3.63) is 91.4 Å². The lowest BCUT2D eigenvalue weighted by Gasteiger charge is -2.34. The summed E-state index contributed by atoms with van der Waals surface area (Å²) in [7, 11) is -5.09. The average molecular weight is 494 g/mol. The van der Waals surface area contributed by atoms with Crippen LogP contribution in [0.3, 0.4) is 0 Å². The summed E-state index contributed by atoms with van der Waals surface area (Å²) in [5.74, 6) is -0.896. The van der Waals surface area contributed by atoms with E-state index in [-0.39, 0.29) is 36.8 Å². The van der Waals surface area contributed by atoms with Crippen molar-refractivity contribution in [1.29, 1.82) is 0 Å². The molecule has 3 aromatic carbocycles. The van der Waals surface area contributed by atoms with Gasteiger partial charge in [0.1, 0.15) is 11.5 Å². The Kier molecular flexibility index (Phi) is 5.98. The highest BCUT2D eigenvalue weighted by Gasteiger charge is 2.51. The molecule has 0 amide bonds. The highest BCUT2D eigenvalue weighted by molar-refractivity contribution is 7.87. The largest absolute Gasteiger partial charge is 0.508 e. The van der Waals surface area contributed by atoms with Gasteiger partial charge in [-0.2, -0.15) is 8.42 Å². The molecule has 0 heterocycles. The van der Waals surface area contributed by atoms with Crippen LogP contribution in [0.5, 0.6) is 11.5 Å². The lowest BCUT2D eigenvalue weighted by atomic mass is 9.83. The number of phenols is 2. The fourth-order valence-corrected chi connectivity index (χ4v) is 5.61. The van der Waals surface area contributed by atoms with E-state index in [1.807, 2.05) is 0 Å². The molecular formula is C19H12Cl4O5S. The van der Waals surface area contributed by atoms with Gasteiger partial charge in [0.15, 0.2) is 4.75 Å². The van der Waals surface area contributed by atoms with Crippen LogP contribution in [-0.2, 0) is 14.9 Å². The molecule has 0 saturated heterocycles. The van der Waals surface area contributed by atoms with Crippen molar-refractivity contribution in [2.45, 2.75) is 4.75 Å². The summed E-state index contributed by atoms with van der Waals surface area (Å²) in [6, 6.07) is 11.6. The monoisotopic (exact) mass is 492 g/mol. The second-order valence-corrected chi connectivity index (χ2v) is 9.23. The Labute approximate surface area is 186 Å². The molecule has 152 valence electrons. The van der Waals surface area contributed by atoms with Gasteiger partial charge in [0.25, 0.3) is 10.1 Å². The topological polar surface area (TPSA) is 94.8 Å². The Hall–Kier alpha value is -1.67. The fourth-order valence-electron chi connectivity index (χ4n) is 3.23. The second-order valence-electron chi connectivity index (χ2n) is 6.10. The summed E-state index contributed by atoms with van der Waals surface area (Å²) < 4.78 is 34.0. The van der Waals surface area contributed by atoms with Crippen LogP contribution < -0.4 is 0 Å². The SMILES string of the molecule is O=S(=O)(O)C(c1cc(O)cc(O)c1)(c1ccccc1Cl)c1ccc(Cl)c(Cl)c1Cl. The van der Waals surface area contributed by atoms with Crippen molar-refractivity contribution in [3.8, 4) is 11.5 Å². The smallest absolute Gasteiger partial charge is 0.283 e. The summed E-state index contributed by atoms with van der Waals surface area (Å²) >= 11 is 24.8. The van der Waals surface area contributed by atoms with E-state index >= 15 is 0 Å². The minimum Gasteiger partial charge on any atom is -0.508 e. The Morgan fingerprint density at radius 1 is 0.724 bits per heavy atom. The Balaban J connectivity index is 2.63. The molecule has 1 unspecified atom stereocenters. The first-order valence-corrected chi connectivity index (χ1v) is 10.8. The standard InChI is InChI=1S/C19H12Cl4O5S/c20-15-4-2-1-3-13(15)19(29(26,27)28,10-7-11(24)9-12(25)8-10)14-5-6-16(21)18(23)17(14)22/h1-9,24-25H,(H,26,27,28). The fraction of sp³-hybridized carbons (Fsp3) is 0.0526. The maximum absolute atomic E-state index is 13.0. The van der Waals surface area contributed by atoms with E-state index in [0.29, 0.717) is 0 Å². The lowest BCUT2D eigenvalue weighted by Crippen LogP contribution is -2.39. The molecule has 1 atom stereocenters. The summed E-state index contributed by atoms with van der Waals surface area (Å²) in [4.78, 5) is 0. The van der Waals surface area contributed by atoms with Crippen molar-refractivity contribution in [2.24, 2.45) is 0 Å². The molecule has 0 aliphatic carbocycles. The maximum Gasteiger partial charge on any atom is 0.283 e. The molecule has 0 spiro atoms. The minimum absolute atomic E-state index is 0.0184. The van der Waals surface area contributed by atoms with Crippen molar-refractivity contribution in [2.75, 3.05) is 0 Å². The van der Waals surface area contributed by atoms with Gasteiger partial charge in [0, 0.05) is 22.2 Å². The van der Waals surface area contributed by atoms with Crippen LogP contribution in [0.15, 0.2) is 54.6 Å². The van der Waals surface area contributed by atoms with E-state index in [1.165, 1.54) is 30.3 Å². The molecule has 0 saturated carbocycles. The van der Waals surface area contributed by atoms with Crippen LogP contribution in [0.25, 0.3) is 0 Å². The van der Waals surface area contributed by atoms with Crippen LogP contribution in [-0.4, -0.2) is 23.2 Å². The van der Waals surface area contributed by atoms with Gasteiger partial charge in [-0.3, -0.25) is 4.55 Å². The predicted molar refractivity (Wildman–Crippen MR) is 114 cm³/mol. The van der Waals surface area contributed by atoms with Gasteiger partial charge in [-0.25, -0.2) is 0 Å². The Morgan fingerprint density at radius 2 is 1.31 bits per heavy atom. The first-order chi connectivity index (χ1) is 13.5. The number of benzene rings is 3. The quantitative estimate of drug-likeness (QED) is 0.239. The van der Waals surface area contributed by atoms with Crippen molar-refractivity contribution in [1.82, 2.24) is 0 Å². The Bertz CT molecular complexity index is 1190. The third-order valence-corrected chi connectivity index (χ3v) is 7.44. The summed E-state index contributed by atoms with van der Waals surface area (Å²) in [5, 5.41) is 19.7. The minimum atomic E-state index is -5.09. The number of rotatable bonds is 4. The molecule has 0 aliphatic heterocycles. The van der Waals surface area contributed by atoms with Gasteiger partial charge in [0.2, 0.25) is 0 Å². The van der Waals surface area contributed by atoms with Crippen LogP contribution in [0, 0.1) is 0 Å². The molecule has 0 fully saturated rings. The molecule has 29 heavy (non-hydrogen) atoms.